The molecule has 0 unspecified atom stereocenters. The largest absolute Gasteiger partial charge is 0.306 e. The fraction of sp³-hybridized carbons (Fsp3) is 0.182. The molecule has 0 radical (unpaired) electrons. The molecular formula is C22H19N7OS. The molecule has 0 fully saturated rings. The van der Waals surface area contributed by atoms with Gasteiger partial charge < -0.3 is 10.2 Å². The third-order valence-electron chi connectivity index (χ3n) is 5.16. The number of fused-ring (bicyclic) bond motifs is 1. The lowest BCUT2D eigenvalue weighted by molar-refractivity contribution is 0.102. The number of carbonyl (C=O) groups excluding carboxylic acids is 1. The van der Waals surface area contributed by atoms with Gasteiger partial charge in [-0.15, -0.1) is 10.2 Å². The SMILES string of the molecule is CN1CC=C(c2cc(C(=O)Nc3cc4nc(-c5nncs5)ccc4cn3)ccn2)CC1. The molecule has 31 heavy (non-hydrogen) atoms. The first kappa shape index (κ1) is 19.4. The van der Waals surface area contributed by atoms with E-state index in [1.807, 2.05) is 18.2 Å². The first-order valence-corrected chi connectivity index (χ1v) is 10.7. The third kappa shape index (κ3) is 4.18. The molecule has 1 N–H and O–H groups in total. The predicted molar refractivity (Wildman–Crippen MR) is 121 cm³/mol. The van der Waals surface area contributed by atoms with Gasteiger partial charge in [0.25, 0.3) is 5.91 Å². The van der Waals surface area contributed by atoms with Crippen LogP contribution < -0.4 is 5.32 Å². The van der Waals surface area contributed by atoms with Crippen molar-refractivity contribution in [2.24, 2.45) is 0 Å². The van der Waals surface area contributed by atoms with E-state index in [0.717, 1.165) is 46.8 Å². The maximum absolute atomic E-state index is 12.8. The molecule has 0 atom stereocenters. The average molecular weight is 430 g/mol. The minimum absolute atomic E-state index is 0.232. The van der Waals surface area contributed by atoms with Crippen LogP contribution in [0, 0.1) is 0 Å². The van der Waals surface area contributed by atoms with Gasteiger partial charge in [-0.1, -0.05) is 17.4 Å². The van der Waals surface area contributed by atoms with Crippen LogP contribution in [0.25, 0.3) is 27.2 Å². The minimum Gasteiger partial charge on any atom is -0.306 e. The molecule has 0 spiro atoms. The highest BCUT2D eigenvalue weighted by molar-refractivity contribution is 7.12. The molecule has 4 aromatic heterocycles. The lowest BCUT2D eigenvalue weighted by Gasteiger charge is -2.21. The van der Waals surface area contributed by atoms with E-state index >= 15 is 0 Å². The lowest BCUT2D eigenvalue weighted by Crippen LogP contribution is -2.24. The Bertz CT molecular complexity index is 1290. The molecule has 9 heteroatoms. The van der Waals surface area contributed by atoms with E-state index in [9.17, 15) is 4.79 Å². The Labute approximate surface area is 182 Å². The van der Waals surface area contributed by atoms with Gasteiger partial charge in [-0.25, -0.2) is 9.97 Å². The molecule has 154 valence electrons. The highest BCUT2D eigenvalue weighted by Crippen LogP contribution is 2.24. The first-order chi connectivity index (χ1) is 15.2. The number of amides is 1. The standard InChI is InChI=1S/C22H19N7OS/c1-29-8-5-14(6-9-29)18-10-15(4-7-23-18)21(30)27-20-11-19-16(12-24-20)2-3-17(26-19)22-28-25-13-31-22/h2-5,7,10-13H,6,8-9H2,1H3,(H,24,27,30). The summed E-state index contributed by atoms with van der Waals surface area (Å²) in [5.74, 6) is 0.209. The highest BCUT2D eigenvalue weighted by Gasteiger charge is 2.14. The summed E-state index contributed by atoms with van der Waals surface area (Å²) in [7, 11) is 2.09. The Morgan fingerprint density at radius 1 is 1.16 bits per heavy atom. The molecule has 5 heterocycles. The van der Waals surface area contributed by atoms with Crippen LogP contribution in [0.4, 0.5) is 5.82 Å². The summed E-state index contributed by atoms with van der Waals surface area (Å²) in [6.07, 6.45) is 6.46. The third-order valence-corrected chi connectivity index (χ3v) is 5.87. The van der Waals surface area contributed by atoms with Gasteiger partial charge in [0.05, 0.1) is 11.2 Å². The van der Waals surface area contributed by atoms with Crippen LogP contribution >= 0.6 is 11.3 Å². The van der Waals surface area contributed by atoms with Crippen LogP contribution in [-0.2, 0) is 0 Å². The van der Waals surface area contributed by atoms with E-state index in [0.29, 0.717) is 11.4 Å². The van der Waals surface area contributed by atoms with Crippen molar-refractivity contribution in [3.05, 3.63) is 65.6 Å². The fourth-order valence-electron chi connectivity index (χ4n) is 3.43. The number of carbonyl (C=O) groups is 1. The second-order valence-corrected chi connectivity index (χ2v) is 8.16. The molecule has 1 aliphatic rings. The molecule has 4 aromatic rings. The minimum atomic E-state index is -0.232. The van der Waals surface area contributed by atoms with Gasteiger partial charge in [0.15, 0.2) is 5.01 Å². The summed E-state index contributed by atoms with van der Waals surface area (Å²) < 4.78 is 0. The Hall–Kier alpha value is -3.56. The van der Waals surface area contributed by atoms with E-state index in [1.54, 1.807) is 30.0 Å². The van der Waals surface area contributed by atoms with E-state index in [-0.39, 0.29) is 5.91 Å². The number of pyridine rings is 3. The zero-order valence-electron chi connectivity index (χ0n) is 16.8. The maximum atomic E-state index is 12.8. The van der Waals surface area contributed by atoms with E-state index in [1.165, 1.54) is 16.9 Å². The van der Waals surface area contributed by atoms with Crippen LogP contribution in [0.2, 0.25) is 0 Å². The Balaban J connectivity index is 1.38. The molecule has 0 bridgehead atoms. The summed E-state index contributed by atoms with van der Waals surface area (Å²) in [6, 6.07) is 9.13. The molecule has 0 saturated carbocycles. The van der Waals surface area contributed by atoms with Gasteiger partial charge in [0.1, 0.15) is 17.0 Å². The Kier molecular flexibility index (Phi) is 5.19. The van der Waals surface area contributed by atoms with Gasteiger partial charge in [0.2, 0.25) is 0 Å². The quantitative estimate of drug-likeness (QED) is 0.530. The number of hydrogen-bond acceptors (Lipinski definition) is 8. The number of anilines is 1. The number of nitrogens with one attached hydrogen (secondary N) is 1. The van der Waals surface area contributed by atoms with Crippen molar-refractivity contribution in [1.29, 1.82) is 0 Å². The van der Waals surface area contributed by atoms with Gasteiger partial charge in [-0.3, -0.25) is 9.78 Å². The topological polar surface area (TPSA) is 96.8 Å². The van der Waals surface area contributed by atoms with E-state index in [2.05, 4.69) is 48.5 Å². The number of nitrogens with zero attached hydrogens (tertiary/aromatic N) is 6. The maximum Gasteiger partial charge on any atom is 0.256 e. The fourth-order valence-corrected chi connectivity index (χ4v) is 3.95. The predicted octanol–water partition coefficient (Wildman–Crippen LogP) is 3.51. The summed E-state index contributed by atoms with van der Waals surface area (Å²) in [6.45, 7) is 1.87. The van der Waals surface area contributed by atoms with Gasteiger partial charge in [-0.2, -0.15) is 0 Å². The van der Waals surface area contributed by atoms with E-state index < -0.39 is 0 Å². The smallest absolute Gasteiger partial charge is 0.256 e. The van der Waals surface area contributed by atoms with Gasteiger partial charge in [0, 0.05) is 42.5 Å². The first-order valence-electron chi connectivity index (χ1n) is 9.84. The van der Waals surface area contributed by atoms with Crippen LogP contribution in [0.3, 0.4) is 0 Å². The van der Waals surface area contributed by atoms with Crippen molar-refractivity contribution in [3.63, 3.8) is 0 Å². The molecule has 8 nitrogen and oxygen atoms in total. The molecule has 5 rings (SSSR count). The monoisotopic (exact) mass is 429 g/mol. The number of likely N-dealkylation sites (N-methyl/N-ethyl adjacent to an activating group) is 1. The van der Waals surface area contributed by atoms with Crippen LogP contribution in [0.1, 0.15) is 22.5 Å². The normalized spacial score (nSPS) is 14.4. The summed E-state index contributed by atoms with van der Waals surface area (Å²) in [5.41, 5.74) is 5.70. The average Bonchev–Trinajstić information content (AvgIpc) is 3.34. The van der Waals surface area contributed by atoms with Gasteiger partial charge >= 0.3 is 0 Å². The zero-order chi connectivity index (χ0) is 21.2. The van der Waals surface area contributed by atoms with Crippen LogP contribution in [-0.4, -0.2) is 56.1 Å². The number of hydrogen-bond donors (Lipinski definition) is 1. The Morgan fingerprint density at radius 2 is 2.10 bits per heavy atom. The van der Waals surface area contributed by atoms with Crippen LogP contribution in [0.15, 0.2) is 54.3 Å². The number of aromatic nitrogens is 5. The number of rotatable bonds is 4. The lowest BCUT2D eigenvalue weighted by atomic mass is 10.0. The van der Waals surface area contributed by atoms with Gasteiger partial charge in [-0.05, 0) is 43.3 Å². The summed E-state index contributed by atoms with van der Waals surface area (Å²) >= 11 is 1.43. The molecule has 0 saturated heterocycles. The van der Waals surface area contributed by atoms with Crippen molar-refractivity contribution in [1.82, 2.24) is 30.0 Å². The zero-order valence-corrected chi connectivity index (χ0v) is 17.6. The van der Waals surface area contributed by atoms with Crippen molar-refractivity contribution in [2.75, 3.05) is 25.5 Å². The second kappa shape index (κ2) is 8.29. The molecule has 1 amide bonds. The summed E-state index contributed by atoms with van der Waals surface area (Å²) in [5, 5.41) is 12.4. The van der Waals surface area contributed by atoms with Crippen molar-refractivity contribution < 1.29 is 4.79 Å². The molecule has 0 aromatic carbocycles. The molecular weight excluding hydrogens is 410 g/mol. The van der Waals surface area contributed by atoms with Crippen molar-refractivity contribution in [2.45, 2.75) is 6.42 Å². The highest BCUT2D eigenvalue weighted by atomic mass is 32.1. The molecule has 1 aliphatic heterocycles. The van der Waals surface area contributed by atoms with Crippen molar-refractivity contribution in [3.8, 4) is 10.7 Å². The Morgan fingerprint density at radius 3 is 2.90 bits per heavy atom. The van der Waals surface area contributed by atoms with E-state index in [4.69, 9.17) is 0 Å². The molecule has 0 aliphatic carbocycles. The second-order valence-electron chi connectivity index (χ2n) is 7.33. The summed E-state index contributed by atoms with van der Waals surface area (Å²) in [4.78, 5) is 28.5. The van der Waals surface area contributed by atoms with Crippen LogP contribution in [0.5, 0.6) is 0 Å². The van der Waals surface area contributed by atoms with Crippen molar-refractivity contribution >= 4 is 39.5 Å².